The third-order valence-electron chi connectivity index (χ3n) is 3.29. The maximum absolute atomic E-state index is 12.6. The molecule has 0 fully saturated rings. The smallest absolute Gasteiger partial charge is 0.338 e. The van der Waals surface area contributed by atoms with Crippen LogP contribution in [0.4, 0.5) is 0 Å². The van der Waals surface area contributed by atoms with Crippen molar-refractivity contribution in [1.29, 1.82) is 0 Å². The van der Waals surface area contributed by atoms with Gasteiger partial charge in [0, 0.05) is 11.5 Å². The molecule has 0 radical (unpaired) electrons. The van der Waals surface area contributed by atoms with E-state index < -0.39 is 5.97 Å². The normalized spacial score (nSPS) is 11.7. The molecule has 3 nitrogen and oxygen atoms in total. The van der Waals surface area contributed by atoms with E-state index in [1.54, 1.807) is 24.3 Å². The van der Waals surface area contributed by atoms with Crippen LogP contribution in [0, 0.1) is 0 Å². The maximum atomic E-state index is 12.6. The Bertz CT molecular complexity index is 617. The molecule has 0 N–H and O–H groups in total. The van der Waals surface area contributed by atoms with Crippen LogP contribution in [0.1, 0.15) is 39.1 Å². The van der Waals surface area contributed by atoms with Gasteiger partial charge in [0.25, 0.3) is 0 Å². The first-order valence-electron chi connectivity index (χ1n) is 6.41. The van der Waals surface area contributed by atoms with E-state index in [0.29, 0.717) is 11.1 Å². The molecular weight excluding hydrogens is 252 g/mol. The molecule has 0 aliphatic carbocycles. The quantitative estimate of drug-likeness (QED) is 0.630. The lowest BCUT2D eigenvalue weighted by Crippen LogP contribution is -2.15. The second kappa shape index (κ2) is 6.15. The minimum atomic E-state index is -0.491. The molecule has 2 aromatic rings. The molecule has 1 unspecified atom stereocenters. The van der Waals surface area contributed by atoms with Gasteiger partial charge in [-0.15, -0.1) is 0 Å². The fourth-order valence-corrected chi connectivity index (χ4v) is 2.11. The number of ketones is 1. The van der Waals surface area contributed by atoms with E-state index in [-0.39, 0.29) is 11.7 Å². The molecule has 3 heteroatoms. The molecule has 2 rings (SSSR count). The third kappa shape index (κ3) is 2.77. The minimum Gasteiger partial charge on any atom is -0.465 e. The SMILES string of the molecule is COC(=O)c1ccccc1C(=O)C(C)c1ccccc1. The summed E-state index contributed by atoms with van der Waals surface area (Å²) in [4.78, 5) is 24.3. The van der Waals surface area contributed by atoms with Crippen molar-refractivity contribution in [2.24, 2.45) is 0 Å². The average Bonchev–Trinajstić information content (AvgIpc) is 2.53. The molecule has 20 heavy (non-hydrogen) atoms. The fraction of sp³-hybridized carbons (Fsp3) is 0.176. The standard InChI is InChI=1S/C17H16O3/c1-12(13-8-4-3-5-9-13)16(18)14-10-6-7-11-15(14)17(19)20-2/h3-12H,1-2H3. The molecule has 102 valence electrons. The zero-order chi connectivity index (χ0) is 14.5. The number of esters is 1. The predicted molar refractivity (Wildman–Crippen MR) is 77.0 cm³/mol. The Morgan fingerprint density at radius 2 is 1.45 bits per heavy atom. The van der Waals surface area contributed by atoms with Crippen LogP contribution in [-0.4, -0.2) is 18.9 Å². The van der Waals surface area contributed by atoms with Crippen LogP contribution in [0.3, 0.4) is 0 Å². The van der Waals surface area contributed by atoms with Crippen molar-refractivity contribution in [3.8, 4) is 0 Å². The summed E-state index contributed by atoms with van der Waals surface area (Å²) in [7, 11) is 1.31. The second-order valence-electron chi connectivity index (χ2n) is 4.53. The lowest BCUT2D eigenvalue weighted by molar-refractivity contribution is 0.0596. The molecule has 0 bridgehead atoms. The number of ether oxygens (including phenoxy) is 1. The summed E-state index contributed by atoms with van der Waals surface area (Å²) in [6.07, 6.45) is 0. The number of hydrogen-bond donors (Lipinski definition) is 0. The van der Waals surface area contributed by atoms with Gasteiger partial charge in [0.2, 0.25) is 0 Å². The van der Waals surface area contributed by atoms with E-state index in [2.05, 4.69) is 0 Å². The van der Waals surface area contributed by atoms with Gasteiger partial charge in [0.05, 0.1) is 12.7 Å². The van der Waals surface area contributed by atoms with Gasteiger partial charge >= 0.3 is 5.97 Å². The number of benzene rings is 2. The number of hydrogen-bond acceptors (Lipinski definition) is 3. The summed E-state index contributed by atoms with van der Waals surface area (Å²) in [6, 6.07) is 16.2. The van der Waals surface area contributed by atoms with E-state index in [1.807, 2.05) is 37.3 Å². The fourth-order valence-electron chi connectivity index (χ4n) is 2.11. The highest BCUT2D eigenvalue weighted by molar-refractivity contribution is 6.08. The van der Waals surface area contributed by atoms with Crippen molar-refractivity contribution in [2.75, 3.05) is 7.11 Å². The summed E-state index contributed by atoms with van der Waals surface area (Å²) in [5, 5.41) is 0. The van der Waals surface area contributed by atoms with E-state index >= 15 is 0 Å². The van der Waals surface area contributed by atoms with Gasteiger partial charge in [-0.25, -0.2) is 4.79 Å². The van der Waals surface area contributed by atoms with E-state index in [4.69, 9.17) is 4.74 Å². The minimum absolute atomic E-state index is 0.0859. The lowest BCUT2D eigenvalue weighted by Gasteiger charge is -2.13. The van der Waals surface area contributed by atoms with Crippen LogP contribution in [0.15, 0.2) is 54.6 Å². The summed E-state index contributed by atoms with van der Waals surface area (Å²) in [6.45, 7) is 1.84. The van der Waals surface area contributed by atoms with Crippen molar-refractivity contribution in [3.63, 3.8) is 0 Å². The third-order valence-corrected chi connectivity index (χ3v) is 3.29. The van der Waals surface area contributed by atoms with Gasteiger partial charge in [-0.05, 0) is 11.6 Å². The van der Waals surface area contributed by atoms with Crippen molar-refractivity contribution in [3.05, 3.63) is 71.3 Å². The summed E-state index contributed by atoms with van der Waals surface area (Å²) < 4.78 is 4.72. The second-order valence-corrected chi connectivity index (χ2v) is 4.53. The van der Waals surface area contributed by atoms with Crippen LogP contribution in [0.25, 0.3) is 0 Å². The summed E-state index contributed by atoms with van der Waals surface area (Å²) >= 11 is 0. The molecular formula is C17H16O3. The molecule has 0 aliphatic heterocycles. The van der Waals surface area contributed by atoms with Crippen LogP contribution in [0.2, 0.25) is 0 Å². The van der Waals surface area contributed by atoms with Crippen LogP contribution in [-0.2, 0) is 4.74 Å². The topological polar surface area (TPSA) is 43.4 Å². The van der Waals surface area contributed by atoms with E-state index in [0.717, 1.165) is 5.56 Å². The first-order chi connectivity index (χ1) is 9.65. The molecule has 0 aliphatic rings. The van der Waals surface area contributed by atoms with Crippen molar-refractivity contribution < 1.29 is 14.3 Å². The van der Waals surface area contributed by atoms with Crippen LogP contribution >= 0.6 is 0 Å². The van der Waals surface area contributed by atoms with Crippen LogP contribution in [0.5, 0.6) is 0 Å². The molecule has 0 heterocycles. The Balaban J connectivity index is 2.37. The molecule has 2 aromatic carbocycles. The highest BCUT2D eigenvalue weighted by Crippen LogP contribution is 2.22. The Labute approximate surface area is 118 Å². The number of carbonyl (C=O) groups excluding carboxylic acids is 2. The molecule has 0 amide bonds. The van der Waals surface area contributed by atoms with Crippen LogP contribution < -0.4 is 0 Å². The summed E-state index contributed by atoms with van der Waals surface area (Å²) in [5.41, 5.74) is 1.63. The van der Waals surface area contributed by atoms with E-state index in [9.17, 15) is 9.59 Å². The highest BCUT2D eigenvalue weighted by Gasteiger charge is 2.22. The van der Waals surface area contributed by atoms with Gasteiger partial charge in [-0.3, -0.25) is 4.79 Å². The van der Waals surface area contributed by atoms with Gasteiger partial charge in [0.1, 0.15) is 0 Å². The van der Waals surface area contributed by atoms with Gasteiger partial charge in [-0.1, -0.05) is 55.5 Å². The van der Waals surface area contributed by atoms with Crippen molar-refractivity contribution in [2.45, 2.75) is 12.8 Å². The Morgan fingerprint density at radius 1 is 0.900 bits per heavy atom. The predicted octanol–water partition coefficient (Wildman–Crippen LogP) is 3.46. The molecule has 1 atom stereocenters. The monoisotopic (exact) mass is 268 g/mol. The Hall–Kier alpha value is -2.42. The summed E-state index contributed by atoms with van der Waals surface area (Å²) in [5.74, 6) is -0.881. The largest absolute Gasteiger partial charge is 0.465 e. The number of rotatable bonds is 4. The van der Waals surface area contributed by atoms with Gasteiger partial charge < -0.3 is 4.74 Å². The number of carbonyl (C=O) groups is 2. The first-order valence-corrected chi connectivity index (χ1v) is 6.41. The first kappa shape index (κ1) is 14.0. The molecule has 0 spiro atoms. The van der Waals surface area contributed by atoms with Gasteiger partial charge in [0.15, 0.2) is 5.78 Å². The van der Waals surface area contributed by atoms with Crippen molar-refractivity contribution >= 4 is 11.8 Å². The average molecular weight is 268 g/mol. The molecule has 0 saturated carbocycles. The Kier molecular flexibility index (Phi) is 4.31. The number of Topliss-reactive ketones (excluding diaryl/α,β-unsaturated/α-hetero) is 1. The lowest BCUT2D eigenvalue weighted by atomic mass is 9.90. The van der Waals surface area contributed by atoms with Gasteiger partial charge in [-0.2, -0.15) is 0 Å². The molecule has 0 aromatic heterocycles. The zero-order valence-corrected chi connectivity index (χ0v) is 11.5. The number of methoxy groups -OCH3 is 1. The van der Waals surface area contributed by atoms with E-state index in [1.165, 1.54) is 7.11 Å². The highest BCUT2D eigenvalue weighted by atomic mass is 16.5. The zero-order valence-electron chi connectivity index (χ0n) is 11.5. The van der Waals surface area contributed by atoms with Crippen molar-refractivity contribution in [1.82, 2.24) is 0 Å². The molecule has 0 saturated heterocycles. The maximum Gasteiger partial charge on any atom is 0.338 e. The Morgan fingerprint density at radius 3 is 2.05 bits per heavy atom.